The zero-order valence-electron chi connectivity index (χ0n) is 11.0. The van der Waals surface area contributed by atoms with Crippen LogP contribution in [0.2, 0.25) is 9.36 Å². The van der Waals surface area contributed by atoms with Crippen molar-refractivity contribution in [2.24, 2.45) is 5.92 Å². The van der Waals surface area contributed by atoms with Crippen molar-refractivity contribution in [1.82, 2.24) is 5.32 Å². The van der Waals surface area contributed by atoms with Crippen LogP contribution in [-0.4, -0.2) is 0 Å². The zero-order valence-corrected chi connectivity index (χ0v) is 13.3. The van der Waals surface area contributed by atoms with E-state index in [0.717, 1.165) is 15.9 Å². The number of hydrogen-bond acceptors (Lipinski definition) is 2. The Morgan fingerprint density at radius 1 is 1.05 bits per heavy atom. The quantitative estimate of drug-likeness (QED) is 0.764. The molecule has 1 atom stereocenters. The summed E-state index contributed by atoms with van der Waals surface area (Å²) >= 11 is 13.5. The molecule has 1 aromatic heterocycles. The molecule has 1 unspecified atom stereocenters. The molecule has 1 nitrogen and oxygen atoms in total. The third kappa shape index (κ3) is 4.22. The molecule has 2 rings (SSSR count). The monoisotopic (exact) mass is 313 g/mol. The first-order valence-electron chi connectivity index (χ1n) is 6.29. The van der Waals surface area contributed by atoms with Crippen LogP contribution in [0.5, 0.6) is 0 Å². The molecule has 0 radical (unpaired) electrons. The average molecular weight is 314 g/mol. The van der Waals surface area contributed by atoms with Crippen molar-refractivity contribution in [2.45, 2.75) is 26.4 Å². The van der Waals surface area contributed by atoms with Gasteiger partial charge in [-0.25, -0.2) is 0 Å². The van der Waals surface area contributed by atoms with Gasteiger partial charge in [-0.05, 0) is 35.7 Å². The molecule has 1 heterocycles. The summed E-state index contributed by atoms with van der Waals surface area (Å²) in [5, 5.41) is 4.37. The molecular weight excluding hydrogens is 297 g/mol. The summed E-state index contributed by atoms with van der Waals surface area (Å²) < 4.78 is 0.837. The minimum atomic E-state index is 0.318. The van der Waals surface area contributed by atoms with Crippen LogP contribution in [0.15, 0.2) is 36.4 Å². The molecule has 0 aliphatic heterocycles. The second kappa shape index (κ2) is 6.76. The lowest BCUT2D eigenvalue weighted by atomic mass is 9.96. The topological polar surface area (TPSA) is 12.0 Å². The molecule has 0 aliphatic carbocycles. The van der Waals surface area contributed by atoms with E-state index in [1.165, 1.54) is 10.4 Å². The highest BCUT2D eigenvalue weighted by Crippen LogP contribution is 2.26. The highest BCUT2D eigenvalue weighted by atomic mass is 35.5. The van der Waals surface area contributed by atoms with Crippen LogP contribution < -0.4 is 5.32 Å². The largest absolute Gasteiger partial charge is 0.305 e. The normalized spacial score (nSPS) is 12.9. The van der Waals surface area contributed by atoms with Gasteiger partial charge in [-0.2, -0.15) is 0 Å². The maximum atomic E-state index is 5.95. The van der Waals surface area contributed by atoms with Gasteiger partial charge >= 0.3 is 0 Å². The molecule has 0 spiro atoms. The van der Waals surface area contributed by atoms with E-state index in [9.17, 15) is 0 Å². The van der Waals surface area contributed by atoms with Crippen LogP contribution in [-0.2, 0) is 6.54 Å². The van der Waals surface area contributed by atoms with Crippen LogP contribution in [0.3, 0.4) is 0 Å². The molecule has 0 saturated heterocycles. The van der Waals surface area contributed by atoms with Gasteiger partial charge in [-0.3, -0.25) is 0 Å². The Labute approximate surface area is 128 Å². The van der Waals surface area contributed by atoms with E-state index in [1.807, 2.05) is 18.2 Å². The Bertz CT molecular complexity index is 519. The molecule has 1 aromatic carbocycles. The molecule has 0 amide bonds. The Morgan fingerprint density at radius 3 is 2.26 bits per heavy atom. The number of rotatable bonds is 5. The van der Waals surface area contributed by atoms with Crippen LogP contribution in [0.1, 0.15) is 30.3 Å². The number of halogens is 2. The summed E-state index contributed by atoms with van der Waals surface area (Å²) in [4.78, 5) is 1.25. The predicted octanol–water partition coefficient (Wildman–Crippen LogP) is 5.54. The van der Waals surface area contributed by atoms with Crippen molar-refractivity contribution in [1.29, 1.82) is 0 Å². The molecule has 102 valence electrons. The molecule has 0 fully saturated rings. The summed E-state index contributed by atoms with van der Waals surface area (Å²) in [6, 6.07) is 12.4. The van der Waals surface area contributed by atoms with Gasteiger partial charge < -0.3 is 5.32 Å². The van der Waals surface area contributed by atoms with Crippen LogP contribution in [0.4, 0.5) is 0 Å². The Hall–Kier alpha value is -0.540. The molecule has 4 heteroatoms. The van der Waals surface area contributed by atoms with Crippen molar-refractivity contribution in [3.8, 4) is 0 Å². The summed E-state index contributed by atoms with van der Waals surface area (Å²) in [6.45, 7) is 5.27. The number of benzene rings is 1. The molecule has 1 N–H and O–H groups in total. The van der Waals surface area contributed by atoms with Crippen LogP contribution in [0.25, 0.3) is 0 Å². The first-order chi connectivity index (χ1) is 9.06. The van der Waals surface area contributed by atoms with Gasteiger partial charge in [0.25, 0.3) is 0 Å². The number of hydrogen-bond donors (Lipinski definition) is 1. The van der Waals surface area contributed by atoms with E-state index in [2.05, 4.69) is 37.4 Å². The van der Waals surface area contributed by atoms with Crippen molar-refractivity contribution < 1.29 is 0 Å². The van der Waals surface area contributed by atoms with E-state index in [0.29, 0.717) is 12.0 Å². The third-order valence-electron chi connectivity index (χ3n) is 3.02. The smallest absolute Gasteiger partial charge is 0.0931 e. The van der Waals surface area contributed by atoms with Gasteiger partial charge in [-0.15, -0.1) is 11.3 Å². The lowest BCUT2D eigenvalue weighted by Gasteiger charge is -2.22. The number of nitrogens with one attached hydrogen (secondary N) is 1. The fraction of sp³-hybridized carbons (Fsp3) is 0.333. The van der Waals surface area contributed by atoms with Gasteiger partial charge in [-0.1, -0.05) is 49.2 Å². The SMILES string of the molecule is CC(C)C(NCc1ccc(Cl)s1)c1ccc(Cl)cc1. The average Bonchev–Trinajstić information content (AvgIpc) is 2.77. The minimum Gasteiger partial charge on any atom is -0.305 e. The summed E-state index contributed by atoms with van der Waals surface area (Å²) in [7, 11) is 0. The van der Waals surface area contributed by atoms with Crippen LogP contribution in [0, 0.1) is 5.92 Å². The van der Waals surface area contributed by atoms with Gasteiger partial charge in [0, 0.05) is 22.5 Å². The fourth-order valence-corrected chi connectivity index (χ4v) is 3.23. The van der Waals surface area contributed by atoms with Gasteiger partial charge in [0.15, 0.2) is 0 Å². The van der Waals surface area contributed by atoms with Crippen molar-refractivity contribution in [3.05, 3.63) is 56.2 Å². The van der Waals surface area contributed by atoms with E-state index in [4.69, 9.17) is 23.2 Å². The van der Waals surface area contributed by atoms with E-state index >= 15 is 0 Å². The third-order valence-corrected chi connectivity index (χ3v) is 4.50. The first-order valence-corrected chi connectivity index (χ1v) is 7.86. The van der Waals surface area contributed by atoms with E-state index in [-0.39, 0.29) is 0 Å². The Kier molecular flexibility index (Phi) is 5.28. The molecule has 0 bridgehead atoms. The summed E-state index contributed by atoms with van der Waals surface area (Å²) in [5.41, 5.74) is 1.27. The van der Waals surface area contributed by atoms with Gasteiger partial charge in [0.1, 0.15) is 0 Å². The predicted molar refractivity (Wildman–Crippen MR) is 85.2 cm³/mol. The van der Waals surface area contributed by atoms with Crippen molar-refractivity contribution in [2.75, 3.05) is 0 Å². The van der Waals surface area contributed by atoms with Gasteiger partial charge in [0.2, 0.25) is 0 Å². The van der Waals surface area contributed by atoms with Crippen molar-refractivity contribution in [3.63, 3.8) is 0 Å². The molecule has 2 aromatic rings. The molecule has 0 aliphatic rings. The standard InChI is InChI=1S/C15H17Cl2NS/c1-10(2)15(11-3-5-12(16)6-4-11)18-9-13-7-8-14(17)19-13/h3-8,10,15,18H,9H2,1-2H3. The number of thiophene rings is 1. The lowest BCUT2D eigenvalue weighted by molar-refractivity contribution is 0.412. The second-order valence-electron chi connectivity index (χ2n) is 4.86. The first kappa shape index (κ1) is 14.9. The molecule has 19 heavy (non-hydrogen) atoms. The Balaban J connectivity index is 2.06. The molecule has 0 saturated carbocycles. The maximum absolute atomic E-state index is 5.95. The Morgan fingerprint density at radius 2 is 1.74 bits per heavy atom. The molecular formula is C15H17Cl2NS. The van der Waals surface area contributed by atoms with Crippen molar-refractivity contribution >= 4 is 34.5 Å². The summed E-state index contributed by atoms with van der Waals surface area (Å²) in [6.07, 6.45) is 0. The lowest BCUT2D eigenvalue weighted by Crippen LogP contribution is -2.24. The van der Waals surface area contributed by atoms with E-state index < -0.39 is 0 Å². The minimum absolute atomic E-state index is 0.318. The van der Waals surface area contributed by atoms with E-state index in [1.54, 1.807) is 11.3 Å². The zero-order chi connectivity index (χ0) is 13.8. The van der Waals surface area contributed by atoms with Gasteiger partial charge in [0.05, 0.1) is 4.34 Å². The maximum Gasteiger partial charge on any atom is 0.0931 e. The highest BCUT2D eigenvalue weighted by Gasteiger charge is 2.15. The summed E-state index contributed by atoms with van der Waals surface area (Å²) in [5.74, 6) is 0.511. The second-order valence-corrected chi connectivity index (χ2v) is 7.10. The fourth-order valence-electron chi connectivity index (χ4n) is 2.07. The highest BCUT2D eigenvalue weighted by molar-refractivity contribution is 7.16. The van der Waals surface area contributed by atoms with Crippen LogP contribution >= 0.6 is 34.5 Å².